The van der Waals surface area contributed by atoms with Crippen molar-refractivity contribution in [1.29, 1.82) is 0 Å². The van der Waals surface area contributed by atoms with Crippen LogP contribution in [0.1, 0.15) is 44.3 Å². The highest BCUT2D eigenvalue weighted by Crippen LogP contribution is 2.33. The standard InChI is InChI=1S/C35H33F3N6O2S/c1-3-43-13-15-44(16-14-43)27-11-9-26(10-12-27)41-33-32-31(39-21-40-33)28(20-47-32)34(46)42-29-19-24(8-7-22(29)2)30(45)18-23-5-4-6-25(17-23)35(36,37)38/h4-12,17,19-21H,3,13-16,18H2,1-2H3,(H,42,46)(H,39,40,41). The molecule has 1 fully saturated rings. The summed E-state index contributed by atoms with van der Waals surface area (Å²) in [4.78, 5) is 40.1. The van der Waals surface area contributed by atoms with Crippen molar-refractivity contribution in [3.05, 3.63) is 106 Å². The van der Waals surface area contributed by atoms with Gasteiger partial charge in [-0.05, 0) is 61.0 Å². The molecule has 12 heteroatoms. The van der Waals surface area contributed by atoms with Crippen LogP contribution in [0.25, 0.3) is 10.2 Å². The Hall–Kier alpha value is -4.81. The molecular formula is C35H33F3N6O2S. The number of nitrogens with one attached hydrogen (secondary N) is 2. The van der Waals surface area contributed by atoms with Gasteiger partial charge < -0.3 is 20.4 Å². The summed E-state index contributed by atoms with van der Waals surface area (Å²) in [5.74, 6) is -0.183. The van der Waals surface area contributed by atoms with Crippen LogP contribution < -0.4 is 15.5 Å². The van der Waals surface area contributed by atoms with Crippen molar-refractivity contribution in [3.8, 4) is 0 Å². The molecule has 47 heavy (non-hydrogen) atoms. The van der Waals surface area contributed by atoms with Gasteiger partial charge in [0.05, 0.1) is 21.3 Å². The van der Waals surface area contributed by atoms with Crippen molar-refractivity contribution >= 4 is 56.1 Å². The zero-order chi connectivity index (χ0) is 33.1. The van der Waals surface area contributed by atoms with E-state index in [0.717, 1.165) is 60.8 Å². The van der Waals surface area contributed by atoms with E-state index in [-0.39, 0.29) is 23.3 Å². The average molecular weight is 659 g/mol. The van der Waals surface area contributed by atoms with Crippen LogP contribution in [0.15, 0.2) is 78.4 Å². The highest BCUT2D eigenvalue weighted by atomic mass is 32.1. The molecule has 5 aromatic rings. The second-order valence-electron chi connectivity index (χ2n) is 11.4. The van der Waals surface area contributed by atoms with E-state index in [1.54, 1.807) is 30.5 Å². The molecule has 2 N–H and O–H groups in total. The number of benzene rings is 3. The van der Waals surface area contributed by atoms with Crippen LogP contribution in [0.5, 0.6) is 0 Å². The smallest absolute Gasteiger partial charge is 0.369 e. The van der Waals surface area contributed by atoms with Crippen LogP contribution in [0.3, 0.4) is 0 Å². The van der Waals surface area contributed by atoms with Crippen molar-refractivity contribution in [2.75, 3.05) is 48.3 Å². The van der Waals surface area contributed by atoms with Gasteiger partial charge in [-0.3, -0.25) is 9.59 Å². The Bertz CT molecular complexity index is 1920. The number of alkyl halides is 3. The van der Waals surface area contributed by atoms with E-state index in [0.29, 0.717) is 22.6 Å². The number of aryl methyl sites for hydroxylation is 1. The fraction of sp³-hybridized carbons (Fsp3) is 0.257. The summed E-state index contributed by atoms with van der Waals surface area (Å²) in [6.45, 7) is 9.14. The number of hydrogen-bond acceptors (Lipinski definition) is 8. The van der Waals surface area contributed by atoms with Crippen molar-refractivity contribution in [2.24, 2.45) is 0 Å². The van der Waals surface area contributed by atoms with E-state index in [1.165, 1.54) is 35.5 Å². The Morgan fingerprint density at radius 3 is 2.45 bits per heavy atom. The van der Waals surface area contributed by atoms with Gasteiger partial charge in [-0.2, -0.15) is 13.2 Å². The predicted octanol–water partition coefficient (Wildman–Crippen LogP) is 7.58. The summed E-state index contributed by atoms with van der Waals surface area (Å²) in [5, 5.41) is 7.96. The molecule has 6 rings (SSSR count). The molecule has 1 amide bonds. The molecule has 0 bridgehead atoms. The zero-order valence-corrected chi connectivity index (χ0v) is 26.7. The van der Waals surface area contributed by atoms with E-state index in [9.17, 15) is 22.8 Å². The number of Topliss-reactive ketones (excluding diaryl/α,β-unsaturated/α-hetero) is 1. The lowest BCUT2D eigenvalue weighted by Gasteiger charge is -2.35. The molecule has 1 aliphatic heterocycles. The van der Waals surface area contributed by atoms with Crippen molar-refractivity contribution in [2.45, 2.75) is 26.4 Å². The van der Waals surface area contributed by atoms with Crippen molar-refractivity contribution in [3.63, 3.8) is 0 Å². The van der Waals surface area contributed by atoms with E-state index >= 15 is 0 Å². The van der Waals surface area contributed by atoms with Gasteiger partial charge >= 0.3 is 6.18 Å². The maximum Gasteiger partial charge on any atom is 0.416 e. The minimum absolute atomic E-state index is 0.207. The first-order valence-electron chi connectivity index (χ1n) is 15.3. The maximum atomic E-state index is 13.5. The highest BCUT2D eigenvalue weighted by molar-refractivity contribution is 7.18. The number of thiophene rings is 1. The molecule has 1 aliphatic rings. The molecule has 1 saturated heterocycles. The van der Waals surface area contributed by atoms with Gasteiger partial charge in [0.25, 0.3) is 5.91 Å². The lowest BCUT2D eigenvalue weighted by atomic mass is 9.99. The number of piperazine rings is 1. The fourth-order valence-corrected chi connectivity index (χ4v) is 6.52. The molecule has 0 radical (unpaired) electrons. The molecule has 242 valence electrons. The summed E-state index contributed by atoms with van der Waals surface area (Å²) in [6, 6.07) is 17.8. The average Bonchev–Trinajstić information content (AvgIpc) is 3.51. The summed E-state index contributed by atoms with van der Waals surface area (Å²) in [5.41, 5.74) is 3.76. The minimum Gasteiger partial charge on any atom is -0.369 e. The highest BCUT2D eigenvalue weighted by Gasteiger charge is 2.30. The number of fused-ring (bicyclic) bond motifs is 1. The molecule has 0 atom stereocenters. The van der Waals surface area contributed by atoms with Crippen molar-refractivity contribution < 1.29 is 22.8 Å². The third kappa shape index (κ3) is 7.28. The molecule has 8 nitrogen and oxygen atoms in total. The van der Waals surface area contributed by atoms with Crippen LogP contribution in [-0.4, -0.2) is 59.3 Å². The van der Waals surface area contributed by atoms with Gasteiger partial charge in [0.1, 0.15) is 6.33 Å². The number of rotatable bonds is 9. The number of carbonyl (C=O) groups excluding carboxylic acids is 2. The lowest BCUT2D eigenvalue weighted by Crippen LogP contribution is -2.46. The molecule has 2 aromatic heterocycles. The molecule has 3 heterocycles. The topological polar surface area (TPSA) is 90.5 Å². The number of carbonyl (C=O) groups is 2. The van der Waals surface area contributed by atoms with E-state index in [2.05, 4.69) is 49.5 Å². The van der Waals surface area contributed by atoms with Gasteiger partial charge in [0.15, 0.2) is 11.6 Å². The molecular weight excluding hydrogens is 625 g/mol. The molecule has 0 spiro atoms. The van der Waals surface area contributed by atoms with Gasteiger partial charge in [-0.1, -0.05) is 37.3 Å². The molecule has 0 unspecified atom stereocenters. The van der Waals surface area contributed by atoms with Crippen LogP contribution in [-0.2, 0) is 12.6 Å². The van der Waals surface area contributed by atoms with Crippen molar-refractivity contribution in [1.82, 2.24) is 14.9 Å². The van der Waals surface area contributed by atoms with Crippen LogP contribution in [0, 0.1) is 6.92 Å². The van der Waals surface area contributed by atoms with Crippen LogP contribution >= 0.6 is 11.3 Å². The molecule has 0 aliphatic carbocycles. The maximum absolute atomic E-state index is 13.5. The molecule has 3 aromatic carbocycles. The Labute approximate surface area is 274 Å². The lowest BCUT2D eigenvalue weighted by molar-refractivity contribution is -0.137. The summed E-state index contributed by atoms with van der Waals surface area (Å²) in [7, 11) is 0. The van der Waals surface area contributed by atoms with Crippen LogP contribution in [0.2, 0.25) is 0 Å². The number of halogens is 3. The first-order chi connectivity index (χ1) is 22.6. The third-order valence-electron chi connectivity index (χ3n) is 8.34. The quantitative estimate of drug-likeness (QED) is 0.158. The second kappa shape index (κ2) is 13.5. The third-order valence-corrected chi connectivity index (χ3v) is 9.32. The number of ketones is 1. The first kappa shape index (κ1) is 32.1. The number of hydrogen-bond donors (Lipinski definition) is 2. The SMILES string of the molecule is CCN1CCN(c2ccc(Nc3ncnc4c(C(=O)Nc5cc(C(=O)Cc6cccc(C(F)(F)F)c6)ccc5C)csc34)cc2)CC1. The van der Waals surface area contributed by atoms with E-state index in [1.807, 2.05) is 12.1 Å². The minimum atomic E-state index is -4.50. The summed E-state index contributed by atoms with van der Waals surface area (Å²) in [6.07, 6.45) is -3.29. The monoisotopic (exact) mass is 658 g/mol. The number of likely N-dealkylation sites (N-methyl/N-ethyl adjacent to an activating group) is 1. The summed E-state index contributed by atoms with van der Waals surface area (Å²) < 4.78 is 40.1. The van der Waals surface area contributed by atoms with E-state index in [4.69, 9.17) is 0 Å². The Balaban J connectivity index is 1.15. The van der Waals surface area contributed by atoms with Gasteiger partial charge in [0.2, 0.25) is 0 Å². The molecule has 0 saturated carbocycles. The Kier molecular flexibility index (Phi) is 9.24. The van der Waals surface area contributed by atoms with Gasteiger partial charge in [-0.15, -0.1) is 11.3 Å². The van der Waals surface area contributed by atoms with E-state index < -0.39 is 17.6 Å². The number of amides is 1. The van der Waals surface area contributed by atoms with Gasteiger partial charge in [-0.25, -0.2) is 9.97 Å². The Morgan fingerprint density at radius 2 is 1.72 bits per heavy atom. The number of anilines is 4. The summed E-state index contributed by atoms with van der Waals surface area (Å²) >= 11 is 1.35. The fourth-order valence-electron chi connectivity index (χ4n) is 5.58. The normalized spacial score (nSPS) is 13.9. The number of nitrogens with zero attached hydrogens (tertiary/aromatic N) is 4. The predicted molar refractivity (Wildman–Crippen MR) is 180 cm³/mol. The first-order valence-corrected chi connectivity index (χ1v) is 16.1. The second-order valence-corrected chi connectivity index (χ2v) is 12.3. The number of aromatic nitrogens is 2. The largest absolute Gasteiger partial charge is 0.416 e. The Morgan fingerprint density at radius 1 is 0.957 bits per heavy atom. The zero-order valence-electron chi connectivity index (χ0n) is 25.9. The van der Waals surface area contributed by atoms with Crippen LogP contribution in [0.4, 0.5) is 36.1 Å². The van der Waals surface area contributed by atoms with Gasteiger partial charge in [0, 0.05) is 60.6 Å².